The first-order valence-corrected chi connectivity index (χ1v) is 4.70. The summed E-state index contributed by atoms with van der Waals surface area (Å²) in [6, 6.07) is 0. The fourth-order valence-corrected chi connectivity index (χ4v) is 0.707. The molecule has 0 aromatic heterocycles. The predicted molar refractivity (Wildman–Crippen MR) is 54.4 cm³/mol. The van der Waals surface area contributed by atoms with Gasteiger partial charge >= 0.3 is 12.1 Å². The maximum absolute atomic E-state index is 11.0. The van der Waals surface area contributed by atoms with Crippen molar-refractivity contribution in [2.24, 2.45) is 0 Å². The van der Waals surface area contributed by atoms with Crippen molar-refractivity contribution in [1.29, 1.82) is 0 Å². The highest BCUT2D eigenvalue weighted by Crippen LogP contribution is 2.05. The highest BCUT2D eigenvalue weighted by molar-refractivity contribution is 5.82. The van der Waals surface area contributed by atoms with Gasteiger partial charge in [0.1, 0.15) is 5.60 Å². The van der Waals surface area contributed by atoms with Crippen LogP contribution < -0.4 is 10.9 Å². The largest absolute Gasteiger partial charge is 0.481 e. The lowest BCUT2D eigenvalue weighted by molar-refractivity contribution is -0.138. The van der Waals surface area contributed by atoms with Crippen LogP contribution in [-0.2, 0) is 14.3 Å². The quantitative estimate of drug-likeness (QED) is 0.611. The Balaban J connectivity index is 3.76. The first-order chi connectivity index (χ1) is 7.20. The van der Waals surface area contributed by atoms with E-state index in [9.17, 15) is 14.4 Å². The predicted octanol–water partition coefficient (Wildman–Crippen LogP) is 0.407. The number of carboxylic acid groups (broad SMARTS) is 1. The van der Waals surface area contributed by atoms with Gasteiger partial charge in [0.2, 0.25) is 5.91 Å². The molecule has 3 N–H and O–H groups in total. The number of carboxylic acids is 1. The summed E-state index contributed by atoms with van der Waals surface area (Å²) in [5.74, 6) is -1.67. The Morgan fingerprint density at radius 3 is 2.12 bits per heavy atom. The van der Waals surface area contributed by atoms with Crippen molar-refractivity contribution in [2.75, 3.05) is 0 Å². The molecule has 0 aromatic rings. The second-order valence-electron chi connectivity index (χ2n) is 4.07. The first kappa shape index (κ1) is 14.2. The number of aliphatic carboxylic acids is 1. The molecule has 0 aliphatic heterocycles. The van der Waals surface area contributed by atoms with Crippen LogP contribution >= 0.6 is 0 Å². The molecule has 16 heavy (non-hydrogen) atoms. The minimum Gasteiger partial charge on any atom is -0.481 e. The molecule has 0 unspecified atom stereocenters. The molecule has 0 aromatic carbocycles. The fourth-order valence-electron chi connectivity index (χ4n) is 0.707. The zero-order valence-electron chi connectivity index (χ0n) is 9.49. The van der Waals surface area contributed by atoms with Gasteiger partial charge in [-0.15, -0.1) is 0 Å². The summed E-state index contributed by atoms with van der Waals surface area (Å²) >= 11 is 0. The number of hydrogen-bond acceptors (Lipinski definition) is 4. The van der Waals surface area contributed by atoms with Crippen LogP contribution in [0.3, 0.4) is 0 Å². The summed E-state index contributed by atoms with van der Waals surface area (Å²) in [7, 11) is 0. The molecule has 0 bridgehead atoms. The van der Waals surface area contributed by atoms with Gasteiger partial charge in [0.25, 0.3) is 0 Å². The van der Waals surface area contributed by atoms with E-state index in [1.165, 1.54) is 0 Å². The molecule has 0 atom stereocenters. The average Bonchev–Trinajstić information content (AvgIpc) is 2.08. The van der Waals surface area contributed by atoms with Gasteiger partial charge in [-0.25, -0.2) is 10.2 Å². The van der Waals surface area contributed by atoms with E-state index in [4.69, 9.17) is 9.84 Å². The number of nitrogens with one attached hydrogen (secondary N) is 2. The lowest BCUT2D eigenvalue weighted by Crippen LogP contribution is -2.44. The Morgan fingerprint density at radius 2 is 1.69 bits per heavy atom. The summed E-state index contributed by atoms with van der Waals surface area (Å²) in [6.45, 7) is 5.04. The molecule has 0 fully saturated rings. The van der Waals surface area contributed by atoms with E-state index in [2.05, 4.69) is 0 Å². The van der Waals surface area contributed by atoms with Crippen LogP contribution in [0, 0.1) is 0 Å². The van der Waals surface area contributed by atoms with E-state index in [0.717, 1.165) is 0 Å². The van der Waals surface area contributed by atoms with Crippen LogP contribution in [0.4, 0.5) is 4.79 Å². The molecule has 0 saturated carbocycles. The molecular weight excluding hydrogens is 216 g/mol. The second-order valence-corrected chi connectivity index (χ2v) is 4.07. The Morgan fingerprint density at radius 1 is 1.12 bits per heavy atom. The van der Waals surface area contributed by atoms with Gasteiger partial charge < -0.3 is 9.84 Å². The molecule has 0 rings (SSSR count). The third-order valence-electron chi connectivity index (χ3n) is 1.27. The minimum atomic E-state index is -1.08. The van der Waals surface area contributed by atoms with Gasteiger partial charge in [0.05, 0.1) is 6.42 Å². The molecule has 2 amide bonds. The number of carbonyl (C=O) groups is 3. The molecule has 0 radical (unpaired) electrons. The average molecular weight is 232 g/mol. The Labute approximate surface area is 93.1 Å². The number of rotatable bonds is 3. The van der Waals surface area contributed by atoms with Crippen LogP contribution in [0.1, 0.15) is 33.6 Å². The zero-order chi connectivity index (χ0) is 12.8. The van der Waals surface area contributed by atoms with Crippen molar-refractivity contribution >= 4 is 18.0 Å². The van der Waals surface area contributed by atoms with Crippen molar-refractivity contribution in [3.8, 4) is 0 Å². The van der Waals surface area contributed by atoms with Crippen LogP contribution in [0.5, 0.6) is 0 Å². The minimum absolute atomic E-state index is 0.203. The summed E-state index contributed by atoms with van der Waals surface area (Å²) in [5.41, 5.74) is 3.39. The van der Waals surface area contributed by atoms with E-state index in [1.54, 1.807) is 20.8 Å². The zero-order valence-corrected chi connectivity index (χ0v) is 9.49. The Bertz CT molecular complexity index is 282. The number of amides is 2. The molecule has 7 heteroatoms. The van der Waals surface area contributed by atoms with E-state index >= 15 is 0 Å². The molecule has 0 heterocycles. The van der Waals surface area contributed by atoms with E-state index in [-0.39, 0.29) is 12.8 Å². The van der Waals surface area contributed by atoms with Crippen molar-refractivity contribution in [2.45, 2.75) is 39.2 Å². The second kappa shape index (κ2) is 5.94. The van der Waals surface area contributed by atoms with Gasteiger partial charge in [-0.1, -0.05) is 0 Å². The van der Waals surface area contributed by atoms with Crippen molar-refractivity contribution < 1.29 is 24.2 Å². The normalized spacial score (nSPS) is 10.4. The van der Waals surface area contributed by atoms with E-state index in [0.29, 0.717) is 0 Å². The van der Waals surface area contributed by atoms with Gasteiger partial charge in [-0.3, -0.25) is 15.0 Å². The van der Waals surface area contributed by atoms with Gasteiger partial charge in [0, 0.05) is 6.42 Å². The maximum atomic E-state index is 11.0. The smallest absolute Gasteiger partial charge is 0.426 e. The van der Waals surface area contributed by atoms with Crippen LogP contribution in [0.25, 0.3) is 0 Å². The van der Waals surface area contributed by atoms with E-state index in [1.807, 2.05) is 10.9 Å². The number of ether oxygens (including phenoxy) is 1. The van der Waals surface area contributed by atoms with E-state index < -0.39 is 23.6 Å². The Hall–Kier alpha value is -1.79. The summed E-state index contributed by atoms with van der Waals surface area (Å²) in [5, 5.41) is 8.30. The number of hydrogen-bond donors (Lipinski definition) is 3. The van der Waals surface area contributed by atoms with Crippen molar-refractivity contribution in [3.05, 3.63) is 0 Å². The molecular formula is C9H16N2O5. The number of hydrazine groups is 1. The third kappa shape index (κ3) is 8.79. The molecule has 0 aliphatic carbocycles. The monoisotopic (exact) mass is 232 g/mol. The SMILES string of the molecule is CC(C)(C)OC(=O)NNC(=O)CCC(=O)O. The van der Waals surface area contributed by atoms with Gasteiger partial charge in [-0.05, 0) is 20.8 Å². The standard InChI is InChI=1S/C9H16N2O5/c1-9(2,3)16-8(15)11-10-6(12)4-5-7(13)14/h4-5H2,1-3H3,(H,10,12)(H,11,15)(H,13,14). The van der Waals surface area contributed by atoms with Crippen molar-refractivity contribution in [1.82, 2.24) is 10.9 Å². The number of carbonyl (C=O) groups excluding carboxylic acids is 2. The molecule has 0 saturated heterocycles. The van der Waals surface area contributed by atoms with Gasteiger partial charge in [0.15, 0.2) is 0 Å². The highest BCUT2D eigenvalue weighted by atomic mass is 16.6. The van der Waals surface area contributed by atoms with Crippen LogP contribution in [-0.4, -0.2) is 28.7 Å². The van der Waals surface area contributed by atoms with Crippen LogP contribution in [0.15, 0.2) is 0 Å². The molecule has 0 spiro atoms. The lowest BCUT2D eigenvalue weighted by Gasteiger charge is -2.19. The molecule has 7 nitrogen and oxygen atoms in total. The maximum Gasteiger partial charge on any atom is 0.426 e. The lowest BCUT2D eigenvalue weighted by atomic mass is 10.2. The van der Waals surface area contributed by atoms with Crippen molar-refractivity contribution in [3.63, 3.8) is 0 Å². The van der Waals surface area contributed by atoms with Crippen LogP contribution in [0.2, 0.25) is 0 Å². The topological polar surface area (TPSA) is 105 Å². The Kier molecular flexibility index (Phi) is 5.27. The summed E-state index contributed by atoms with van der Waals surface area (Å²) < 4.78 is 4.83. The third-order valence-corrected chi connectivity index (χ3v) is 1.27. The first-order valence-electron chi connectivity index (χ1n) is 4.70. The summed E-state index contributed by atoms with van der Waals surface area (Å²) in [6.07, 6.45) is -1.29. The fraction of sp³-hybridized carbons (Fsp3) is 0.667. The highest BCUT2D eigenvalue weighted by Gasteiger charge is 2.16. The molecule has 92 valence electrons. The molecule has 0 aliphatic rings. The summed E-state index contributed by atoms with van der Waals surface area (Å²) in [4.78, 5) is 32.1. The van der Waals surface area contributed by atoms with Gasteiger partial charge in [-0.2, -0.15) is 0 Å².